The molecular weight excluding hydrogens is 751 g/mol. The molecule has 0 atom stereocenters. The summed E-state index contributed by atoms with van der Waals surface area (Å²) < 4.78 is 0. The smallest absolute Gasteiger partial charge is 2.00 e. The Morgan fingerprint density at radius 2 is 0.364 bits per heavy atom. The third kappa shape index (κ3) is 138. The third-order valence-corrected chi connectivity index (χ3v) is 0. The summed E-state index contributed by atoms with van der Waals surface area (Å²) in [7, 11) is 0. The summed E-state index contributed by atoms with van der Waals surface area (Å²) in [4.78, 5) is 0. The standard InChI is InChI=1S/2Co.2Nb.5O.2W/q;;2*+5;5*-2;;. The summed E-state index contributed by atoms with van der Waals surface area (Å²) in [6.07, 6.45) is 0. The van der Waals surface area contributed by atoms with Crippen molar-refractivity contribution in [2.45, 2.75) is 0 Å². The summed E-state index contributed by atoms with van der Waals surface area (Å²) in [5, 5.41) is 0. The molecule has 11 heavy (non-hydrogen) atoms. The quantitative estimate of drug-likeness (QED) is 0.292. The van der Waals surface area contributed by atoms with Crippen molar-refractivity contribution in [2.75, 3.05) is 0 Å². The van der Waals surface area contributed by atoms with Gasteiger partial charge in [0.15, 0.2) is 0 Å². The van der Waals surface area contributed by atoms with Gasteiger partial charge in [0, 0.05) is 75.7 Å². The average Bonchev–Trinajstić information content (AvgIpc) is 0. The Bertz CT molecular complexity index is 20.4. The van der Waals surface area contributed by atoms with Crippen LogP contribution in [0.4, 0.5) is 0 Å². The van der Waals surface area contributed by atoms with Crippen LogP contribution in [0.5, 0.6) is 0 Å². The zero-order valence-corrected chi connectivity index (χ0v) is 16.8. The normalized spacial score (nSPS) is 0. The molecule has 0 fully saturated rings. The van der Waals surface area contributed by atoms with Crippen LogP contribution in [0.15, 0.2) is 0 Å². The maximum atomic E-state index is 0. The molecule has 0 amide bonds. The van der Waals surface area contributed by atoms with Gasteiger partial charge in [-0.05, 0) is 0 Å². The van der Waals surface area contributed by atoms with Crippen molar-refractivity contribution < 1.29 is 148 Å². The minimum absolute atomic E-state index is 0. The van der Waals surface area contributed by atoms with Gasteiger partial charge in [0.05, 0.1) is 0 Å². The van der Waals surface area contributed by atoms with Crippen molar-refractivity contribution in [1.82, 2.24) is 0 Å². The molecule has 0 aliphatic heterocycles. The van der Waals surface area contributed by atoms with E-state index in [0.717, 1.165) is 0 Å². The predicted molar refractivity (Wildman–Crippen MR) is 3.43 cm³/mol. The maximum absolute atomic E-state index is 0. The van der Waals surface area contributed by atoms with Crippen molar-refractivity contribution in [1.29, 1.82) is 0 Å². The average molecular weight is 751 g/mol. The summed E-state index contributed by atoms with van der Waals surface area (Å²) in [5.74, 6) is 0. The summed E-state index contributed by atoms with van der Waals surface area (Å²) in [6, 6.07) is 0. The fourth-order valence-corrected chi connectivity index (χ4v) is 0. The van der Waals surface area contributed by atoms with Crippen LogP contribution in [0.1, 0.15) is 0 Å². The van der Waals surface area contributed by atoms with E-state index in [1.165, 1.54) is 0 Å². The van der Waals surface area contributed by atoms with Gasteiger partial charge in [-0.3, -0.25) is 0 Å². The molecule has 0 bridgehead atoms. The minimum atomic E-state index is 0. The second-order valence-corrected chi connectivity index (χ2v) is 0. The molecule has 0 rings (SSSR count). The SMILES string of the molecule is [Co].[Co].[Nb+5].[Nb+5].[O-2].[O-2].[O-2].[O-2].[O-2].[W].[W]. The van der Waals surface area contributed by atoms with Crippen molar-refractivity contribution in [2.24, 2.45) is 0 Å². The molecule has 5 nitrogen and oxygen atoms in total. The first-order valence-electron chi connectivity index (χ1n) is 0. The van der Waals surface area contributed by atoms with Crippen LogP contribution in [-0.2, 0) is 148 Å². The second-order valence-electron chi connectivity index (χ2n) is 0. The number of rotatable bonds is 0. The topological polar surface area (TPSA) is 142 Å². The van der Waals surface area contributed by atoms with Gasteiger partial charge in [0.25, 0.3) is 0 Å². The largest absolute Gasteiger partial charge is 5.00 e. The molecule has 0 heterocycles. The van der Waals surface area contributed by atoms with Crippen molar-refractivity contribution in [3.8, 4) is 0 Å². The summed E-state index contributed by atoms with van der Waals surface area (Å²) >= 11 is 0. The van der Waals surface area contributed by atoms with Crippen LogP contribution in [0.25, 0.3) is 0 Å². The molecule has 0 aliphatic carbocycles. The van der Waals surface area contributed by atoms with Gasteiger partial charge < -0.3 is 27.4 Å². The van der Waals surface area contributed by atoms with Gasteiger partial charge in [-0.15, -0.1) is 0 Å². The molecular formula is Co2Nb2O5W2. The Kier molecular flexibility index (Phi) is 3010. The van der Waals surface area contributed by atoms with Gasteiger partial charge in [0.2, 0.25) is 0 Å². The molecule has 0 saturated carbocycles. The zero-order chi connectivity index (χ0) is 0. The Labute approximate surface area is 145 Å². The van der Waals surface area contributed by atoms with E-state index in [-0.39, 0.29) is 148 Å². The molecule has 11 heteroatoms. The van der Waals surface area contributed by atoms with Gasteiger partial charge in [-0.25, -0.2) is 0 Å². The number of hydrogen-bond donors (Lipinski definition) is 0. The Morgan fingerprint density at radius 3 is 0.364 bits per heavy atom. The van der Waals surface area contributed by atoms with E-state index >= 15 is 0 Å². The van der Waals surface area contributed by atoms with Gasteiger partial charge >= 0.3 is 44.8 Å². The first-order valence-corrected chi connectivity index (χ1v) is 0. The van der Waals surface area contributed by atoms with E-state index in [2.05, 4.69) is 0 Å². The first kappa shape index (κ1) is 204. The molecule has 70 valence electrons. The fraction of sp³-hybridized carbons (Fsp3) is 0. The van der Waals surface area contributed by atoms with Crippen molar-refractivity contribution >= 4 is 0 Å². The third-order valence-electron chi connectivity index (χ3n) is 0. The van der Waals surface area contributed by atoms with Crippen molar-refractivity contribution in [3.63, 3.8) is 0 Å². The van der Waals surface area contributed by atoms with E-state index in [0.29, 0.717) is 0 Å². The molecule has 0 aromatic rings. The van der Waals surface area contributed by atoms with Crippen LogP contribution >= 0.6 is 0 Å². The molecule has 0 spiro atoms. The van der Waals surface area contributed by atoms with E-state index < -0.39 is 0 Å². The van der Waals surface area contributed by atoms with Gasteiger partial charge in [0.1, 0.15) is 0 Å². The van der Waals surface area contributed by atoms with Crippen molar-refractivity contribution in [3.05, 3.63) is 0 Å². The van der Waals surface area contributed by atoms with Gasteiger partial charge in [-0.1, -0.05) is 0 Å². The van der Waals surface area contributed by atoms with Gasteiger partial charge in [-0.2, -0.15) is 0 Å². The Hall–Kier alpha value is 3.67. The minimum Gasteiger partial charge on any atom is -2.00 e. The molecule has 0 unspecified atom stereocenters. The molecule has 0 aliphatic rings. The van der Waals surface area contributed by atoms with Crippen LogP contribution in [-0.4, -0.2) is 0 Å². The maximum Gasteiger partial charge on any atom is 5.00 e. The Balaban J connectivity index is 0. The van der Waals surface area contributed by atoms with E-state index in [1.54, 1.807) is 0 Å². The van der Waals surface area contributed by atoms with Crippen LogP contribution in [0, 0.1) is 0 Å². The predicted octanol–water partition coefficient (Wildman–Crippen LogP) is -0.609. The monoisotopic (exact) mass is 752 g/mol. The molecule has 0 saturated heterocycles. The van der Waals surface area contributed by atoms with E-state index in [4.69, 9.17) is 0 Å². The summed E-state index contributed by atoms with van der Waals surface area (Å²) in [5.41, 5.74) is 0. The zero-order valence-electron chi connectivity index (χ0n) is 4.42. The first-order chi connectivity index (χ1) is 0. The molecule has 0 aromatic heterocycles. The van der Waals surface area contributed by atoms with E-state index in [1.807, 2.05) is 0 Å². The molecule has 0 N–H and O–H groups in total. The Morgan fingerprint density at radius 1 is 0.364 bits per heavy atom. The molecule has 2 radical (unpaired) electrons. The second kappa shape index (κ2) is 163. The van der Waals surface area contributed by atoms with E-state index in [9.17, 15) is 0 Å². The van der Waals surface area contributed by atoms with Crippen LogP contribution < -0.4 is 0 Å². The number of hydrogen-bond acceptors (Lipinski definition) is 0. The molecule has 0 aromatic carbocycles. The van der Waals surface area contributed by atoms with Crippen LogP contribution in [0.3, 0.4) is 0 Å². The van der Waals surface area contributed by atoms with Crippen LogP contribution in [0.2, 0.25) is 0 Å². The summed E-state index contributed by atoms with van der Waals surface area (Å²) in [6.45, 7) is 0. The fourth-order valence-electron chi connectivity index (χ4n) is 0.